The van der Waals surface area contributed by atoms with E-state index in [1.165, 1.54) is 41.0 Å². The molecular formula is C23H14ClFN4O2. The van der Waals surface area contributed by atoms with Crippen molar-refractivity contribution < 1.29 is 9.18 Å². The quantitative estimate of drug-likeness (QED) is 0.519. The molecular weight excluding hydrogens is 419 g/mol. The molecule has 2 aromatic carbocycles. The molecule has 0 saturated carbocycles. The third-order valence-corrected chi connectivity index (χ3v) is 4.93. The van der Waals surface area contributed by atoms with Crippen molar-refractivity contribution in [2.45, 2.75) is 6.54 Å². The molecule has 8 heteroatoms. The number of nitrogens with one attached hydrogen (secondary N) is 1. The zero-order valence-electron chi connectivity index (χ0n) is 16.0. The average molecular weight is 433 g/mol. The summed E-state index contributed by atoms with van der Waals surface area (Å²) in [7, 11) is 0. The molecule has 0 saturated heterocycles. The number of halogens is 2. The Bertz CT molecular complexity index is 1410. The van der Waals surface area contributed by atoms with Crippen LogP contribution in [0.4, 0.5) is 10.1 Å². The minimum Gasteiger partial charge on any atom is -0.321 e. The van der Waals surface area contributed by atoms with E-state index in [1.54, 1.807) is 30.5 Å². The molecule has 1 amide bonds. The van der Waals surface area contributed by atoms with Gasteiger partial charge in [0.15, 0.2) is 0 Å². The first-order valence-electron chi connectivity index (χ1n) is 9.20. The molecule has 0 aliphatic rings. The SMILES string of the molecule is N#Cc1ccc(Cl)cc1NC(=O)c1cc2cccnc2n(Cc2ccc(F)cc2)c1=O. The minimum atomic E-state index is -0.678. The van der Waals surface area contributed by atoms with Gasteiger partial charge in [-0.25, -0.2) is 9.37 Å². The number of anilines is 1. The van der Waals surface area contributed by atoms with Gasteiger partial charge in [0.1, 0.15) is 23.1 Å². The van der Waals surface area contributed by atoms with Crippen LogP contribution in [0.2, 0.25) is 5.02 Å². The summed E-state index contributed by atoms with van der Waals surface area (Å²) in [5.74, 6) is -1.07. The maximum absolute atomic E-state index is 13.3. The maximum Gasteiger partial charge on any atom is 0.265 e. The largest absolute Gasteiger partial charge is 0.321 e. The Hall–Kier alpha value is -4.02. The van der Waals surface area contributed by atoms with E-state index in [1.807, 2.05) is 6.07 Å². The second kappa shape index (κ2) is 8.38. The Balaban J connectivity index is 1.80. The van der Waals surface area contributed by atoms with Crippen LogP contribution in [0.25, 0.3) is 11.0 Å². The van der Waals surface area contributed by atoms with Gasteiger partial charge in [0.05, 0.1) is 17.8 Å². The highest BCUT2D eigenvalue weighted by Crippen LogP contribution is 2.21. The summed E-state index contributed by atoms with van der Waals surface area (Å²) in [5, 5.41) is 12.8. The monoisotopic (exact) mass is 432 g/mol. The van der Waals surface area contributed by atoms with Crippen molar-refractivity contribution >= 4 is 34.2 Å². The average Bonchev–Trinajstić information content (AvgIpc) is 2.77. The molecule has 0 aliphatic carbocycles. The van der Waals surface area contributed by atoms with Gasteiger partial charge in [0, 0.05) is 16.6 Å². The van der Waals surface area contributed by atoms with Crippen molar-refractivity contribution in [1.29, 1.82) is 5.26 Å². The fraction of sp³-hybridized carbons (Fsp3) is 0.0435. The van der Waals surface area contributed by atoms with Crippen LogP contribution in [-0.4, -0.2) is 15.5 Å². The van der Waals surface area contributed by atoms with E-state index in [9.17, 15) is 19.2 Å². The van der Waals surface area contributed by atoms with Crippen LogP contribution in [0, 0.1) is 17.1 Å². The van der Waals surface area contributed by atoms with Crippen LogP contribution in [0.5, 0.6) is 0 Å². The first kappa shape index (κ1) is 20.3. The summed E-state index contributed by atoms with van der Waals surface area (Å²) in [5.41, 5.74) is 0.811. The van der Waals surface area contributed by atoms with Gasteiger partial charge in [-0.1, -0.05) is 23.7 Å². The Morgan fingerprint density at radius 1 is 1.16 bits per heavy atom. The molecule has 0 atom stereocenters. The molecule has 2 aromatic heterocycles. The molecule has 0 spiro atoms. The van der Waals surface area contributed by atoms with Gasteiger partial charge in [-0.2, -0.15) is 5.26 Å². The lowest BCUT2D eigenvalue weighted by atomic mass is 10.1. The zero-order valence-corrected chi connectivity index (χ0v) is 16.7. The molecule has 31 heavy (non-hydrogen) atoms. The lowest BCUT2D eigenvalue weighted by molar-refractivity contribution is 0.102. The molecule has 0 fully saturated rings. The van der Waals surface area contributed by atoms with Crippen LogP contribution < -0.4 is 10.9 Å². The fourth-order valence-electron chi connectivity index (χ4n) is 3.20. The number of benzene rings is 2. The molecule has 2 heterocycles. The number of aromatic nitrogens is 2. The predicted octanol–water partition coefficient (Wildman–Crippen LogP) is 4.36. The molecule has 4 rings (SSSR count). The van der Waals surface area contributed by atoms with E-state index >= 15 is 0 Å². The number of rotatable bonds is 4. The summed E-state index contributed by atoms with van der Waals surface area (Å²) in [6.07, 6.45) is 1.55. The van der Waals surface area contributed by atoms with Crippen molar-refractivity contribution in [2.24, 2.45) is 0 Å². The standard InChI is InChI=1S/C23H14ClFN4O2/c24-17-6-5-16(12-26)20(11-17)28-22(30)19-10-15-2-1-9-27-21(15)29(23(19)31)13-14-3-7-18(25)8-4-14/h1-11H,13H2,(H,28,30). The number of fused-ring (bicyclic) bond motifs is 1. The van der Waals surface area contributed by atoms with Gasteiger partial charge in [-0.05, 0) is 54.1 Å². The van der Waals surface area contributed by atoms with Crippen LogP contribution in [0.15, 0.2) is 71.7 Å². The number of hydrogen-bond donors (Lipinski definition) is 1. The van der Waals surface area contributed by atoms with Crippen LogP contribution in [0.1, 0.15) is 21.5 Å². The lowest BCUT2D eigenvalue weighted by Gasteiger charge is -2.13. The molecule has 0 unspecified atom stereocenters. The number of nitrogens with zero attached hydrogens (tertiary/aromatic N) is 3. The summed E-state index contributed by atoms with van der Waals surface area (Å²) >= 11 is 5.98. The molecule has 4 aromatic rings. The van der Waals surface area contributed by atoms with E-state index in [-0.39, 0.29) is 29.2 Å². The van der Waals surface area contributed by atoms with E-state index in [0.29, 0.717) is 21.6 Å². The lowest BCUT2D eigenvalue weighted by Crippen LogP contribution is -2.30. The van der Waals surface area contributed by atoms with Gasteiger partial charge in [-0.3, -0.25) is 14.2 Å². The van der Waals surface area contributed by atoms with E-state index in [0.717, 1.165) is 0 Å². The summed E-state index contributed by atoms with van der Waals surface area (Å²) in [6.45, 7) is 0.106. The van der Waals surface area contributed by atoms with Crippen LogP contribution in [-0.2, 0) is 6.54 Å². The first-order chi connectivity index (χ1) is 15.0. The van der Waals surface area contributed by atoms with Crippen molar-refractivity contribution in [1.82, 2.24) is 9.55 Å². The number of amides is 1. The number of hydrogen-bond acceptors (Lipinski definition) is 4. The highest BCUT2D eigenvalue weighted by atomic mass is 35.5. The Morgan fingerprint density at radius 2 is 1.94 bits per heavy atom. The zero-order chi connectivity index (χ0) is 22.0. The van der Waals surface area contributed by atoms with Gasteiger partial charge in [0.25, 0.3) is 11.5 Å². The second-order valence-electron chi connectivity index (χ2n) is 6.75. The Kier molecular flexibility index (Phi) is 5.48. The highest BCUT2D eigenvalue weighted by molar-refractivity contribution is 6.31. The smallest absolute Gasteiger partial charge is 0.265 e. The van der Waals surface area contributed by atoms with Crippen molar-refractivity contribution in [3.05, 3.63) is 105 Å². The van der Waals surface area contributed by atoms with Gasteiger partial charge < -0.3 is 5.32 Å². The van der Waals surface area contributed by atoms with Gasteiger partial charge in [0.2, 0.25) is 0 Å². The number of carbonyl (C=O) groups is 1. The molecule has 0 radical (unpaired) electrons. The number of pyridine rings is 2. The molecule has 152 valence electrons. The summed E-state index contributed by atoms with van der Waals surface area (Å²) in [4.78, 5) is 30.4. The second-order valence-corrected chi connectivity index (χ2v) is 7.18. The normalized spacial score (nSPS) is 10.6. The van der Waals surface area contributed by atoms with E-state index < -0.39 is 11.5 Å². The minimum absolute atomic E-state index is 0.106. The third kappa shape index (κ3) is 4.15. The van der Waals surface area contributed by atoms with Crippen molar-refractivity contribution in [2.75, 3.05) is 5.32 Å². The fourth-order valence-corrected chi connectivity index (χ4v) is 3.37. The summed E-state index contributed by atoms with van der Waals surface area (Å²) in [6, 6.07) is 17.1. The summed E-state index contributed by atoms with van der Waals surface area (Å²) < 4.78 is 14.6. The maximum atomic E-state index is 13.3. The van der Waals surface area contributed by atoms with Crippen molar-refractivity contribution in [3.8, 4) is 6.07 Å². The first-order valence-corrected chi connectivity index (χ1v) is 9.58. The van der Waals surface area contributed by atoms with Crippen LogP contribution >= 0.6 is 11.6 Å². The molecule has 0 aliphatic heterocycles. The molecule has 0 bridgehead atoms. The Labute approximate surface area is 181 Å². The third-order valence-electron chi connectivity index (χ3n) is 4.70. The Morgan fingerprint density at radius 3 is 2.68 bits per heavy atom. The van der Waals surface area contributed by atoms with Crippen molar-refractivity contribution in [3.63, 3.8) is 0 Å². The van der Waals surface area contributed by atoms with Crippen LogP contribution in [0.3, 0.4) is 0 Å². The number of carbonyl (C=O) groups excluding carboxylic acids is 1. The topological polar surface area (TPSA) is 87.8 Å². The van der Waals surface area contributed by atoms with E-state index in [4.69, 9.17) is 11.6 Å². The molecule has 1 N–H and O–H groups in total. The highest BCUT2D eigenvalue weighted by Gasteiger charge is 2.18. The van der Waals surface area contributed by atoms with Gasteiger partial charge >= 0.3 is 0 Å². The van der Waals surface area contributed by atoms with Gasteiger partial charge in [-0.15, -0.1) is 0 Å². The molecule has 6 nitrogen and oxygen atoms in total. The van der Waals surface area contributed by atoms with E-state index in [2.05, 4.69) is 10.3 Å². The number of nitriles is 1. The predicted molar refractivity (Wildman–Crippen MR) is 116 cm³/mol.